The molecule has 132 valence electrons. The lowest BCUT2D eigenvalue weighted by Crippen LogP contribution is -2.49. The first kappa shape index (κ1) is 17.4. The molecule has 26 heavy (non-hydrogen) atoms. The number of piperazine rings is 1. The number of nitrogens with zero attached hydrogens (tertiary/aromatic N) is 5. The zero-order valence-electron chi connectivity index (χ0n) is 14.4. The summed E-state index contributed by atoms with van der Waals surface area (Å²) < 4.78 is 0. The minimum absolute atomic E-state index is 0.00327. The first-order valence-electron chi connectivity index (χ1n) is 8.43. The predicted molar refractivity (Wildman–Crippen MR) is 100.0 cm³/mol. The van der Waals surface area contributed by atoms with E-state index in [1.54, 1.807) is 12.3 Å². The van der Waals surface area contributed by atoms with Crippen LogP contribution in [-0.2, 0) is 0 Å². The Kier molecular flexibility index (Phi) is 5.44. The summed E-state index contributed by atoms with van der Waals surface area (Å²) in [5, 5.41) is 12.4. The minimum atomic E-state index is -0.00327. The van der Waals surface area contributed by atoms with Crippen molar-refractivity contribution in [2.75, 3.05) is 42.9 Å². The number of hydrogen-bond donors (Lipinski definition) is 1. The summed E-state index contributed by atoms with van der Waals surface area (Å²) in [7, 11) is 0. The number of nitrogens with one attached hydrogen (secondary N) is 1. The average molecular weight is 348 g/mol. The van der Waals surface area contributed by atoms with Crippen LogP contribution in [0.15, 0.2) is 49.3 Å². The molecular formula is C19H20N6O. The molecule has 1 aliphatic rings. The monoisotopic (exact) mass is 348 g/mol. The molecule has 3 rings (SSSR count). The SMILES string of the molecule is C=CCNc1ccccc1C(=O)N1CCN(c2nccnc2C#N)CC1. The van der Waals surface area contributed by atoms with E-state index in [0.717, 1.165) is 5.69 Å². The van der Waals surface area contributed by atoms with Gasteiger partial charge in [0.25, 0.3) is 5.91 Å². The molecule has 1 amide bonds. The number of hydrogen-bond acceptors (Lipinski definition) is 6. The third-order valence-corrected chi connectivity index (χ3v) is 4.25. The van der Waals surface area contributed by atoms with Crippen LogP contribution in [-0.4, -0.2) is 53.5 Å². The molecule has 7 nitrogen and oxygen atoms in total. The third-order valence-electron chi connectivity index (χ3n) is 4.25. The van der Waals surface area contributed by atoms with Gasteiger partial charge in [-0.1, -0.05) is 18.2 Å². The lowest BCUT2D eigenvalue weighted by Gasteiger charge is -2.35. The van der Waals surface area contributed by atoms with Crippen LogP contribution >= 0.6 is 0 Å². The van der Waals surface area contributed by atoms with Gasteiger partial charge < -0.3 is 15.1 Å². The zero-order valence-corrected chi connectivity index (χ0v) is 14.4. The van der Waals surface area contributed by atoms with Crippen LogP contribution in [0.3, 0.4) is 0 Å². The molecule has 0 aliphatic carbocycles. The highest BCUT2D eigenvalue weighted by molar-refractivity contribution is 5.99. The maximum Gasteiger partial charge on any atom is 0.256 e. The van der Waals surface area contributed by atoms with Crippen LogP contribution in [0.1, 0.15) is 16.1 Å². The molecular weight excluding hydrogens is 328 g/mol. The van der Waals surface area contributed by atoms with E-state index in [1.165, 1.54) is 6.20 Å². The number of rotatable bonds is 5. The van der Waals surface area contributed by atoms with Crippen molar-refractivity contribution >= 4 is 17.4 Å². The number of carbonyl (C=O) groups excluding carboxylic acids is 1. The Hall–Kier alpha value is -3.40. The fourth-order valence-corrected chi connectivity index (χ4v) is 2.94. The van der Waals surface area contributed by atoms with Crippen molar-refractivity contribution in [3.8, 4) is 6.07 Å². The van der Waals surface area contributed by atoms with E-state index >= 15 is 0 Å². The van der Waals surface area contributed by atoms with E-state index in [4.69, 9.17) is 0 Å². The molecule has 0 spiro atoms. The highest BCUT2D eigenvalue weighted by atomic mass is 16.2. The second-order valence-electron chi connectivity index (χ2n) is 5.83. The van der Waals surface area contributed by atoms with E-state index in [9.17, 15) is 10.1 Å². The Morgan fingerprint density at radius 1 is 1.23 bits per heavy atom. The number of carbonyl (C=O) groups is 1. The van der Waals surface area contributed by atoms with Gasteiger partial charge >= 0.3 is 0 Å². The zero-order chi connectivity index (χ0) is 18.4. The molecule has 1 aliphatic heterocycles. The van der Waals surface area contributed by atoms with E-state index in [1.807, 2.05) is 34.1 Å². The van der Waals surface area contributed by atoms with E-state index in [0.29, 0.717) is 49.8 Å². The third kappa shape index (κ3) is 3.64. The van der Waals surface area contributed by atoms with Crippen LogP contribution in [0.5, 0.6) is 0 Å². The maximum absolute atomic E-state index is 12.9. The van der Waals surface area contributed by atoms with Crippen molar-refractivity contribution in [2.24, 2.45) is 0 Å². The van der Waals surface area contributed by atoms with Crippen molar-refractivity contribution in [2.45, 2.75) is 0 Å². The van der Waals surface area contributed by atoms with Gasteiger partial charge in [0.2, 0.25) is 0 Å². The van der Waals surface area contributed by atoms with Gasteiger partial charge in [0.15, 0.2) is 11.5 Å². The molecule has 0 saturated carbocycles. The van der Waals surface area contributed by atoms with Crippen molar-refractivity contribution in [1.82, 2.24) is 14.9 Å². The first-order valence-corrected chi connectivity index (χ1v) is 8.43. The molecule has 1 fully saturated rings. The van der Waals surface area contributed by atoms with Gasteiger partial charge in [-0.25, -0.2) is 9.97 Å². The maximum atomic E-state index is 12.9. The molecule has 1 saturated heterocycles. The fraction of sp³-hybridized carbons (Fsp3) is 0.263. The highest BCUT2D eigenvalue weighted by Gasteiger charge is 2.25. The van der Waals surface area contributed by atoms with Gasteiger partial charge in [-0.2, -0.15) is 5.26 Å². The lowest BCUT2D eigenvalue weighted by molar-refractivity contribution is 0.0747. The average Bonchev–Trinajstić information content (AvgIpc) is 2.72. The Morgan fingerprint density at radius 2 is 1.96 bits per heavy atom. The second kappa shape index (κ2) is 8.12. The Morgan fingerprint density at radius 3 is 2.69 bits per heavy atom. The topological polar surface area (TPSA) is 85.2 Å². The molecule has 0 unspecified atom stereocenters. The molecule has 0 atom stereocenters. The van der Waals surface area contributed by atoms with E-state index < -0.39 is 0 Å². The Balaban J connectivity index is 1.70. The number of benzene rings is 1. The van der Waals surface area contributed by atoms with Gasteiger partial charge in [-0.05, 0) is 12.1 Å². The van der Waals surface area contributed by atoms with Gasteiger partial charge in [0, 0.05) is 50.8 Å². The highest BCUT2D eigenvalue weighted by Crippen LogP contribution is 2.20. The molecule has 0 radical (unpaired) electrons. The lowest BCUT2D eigenvalue weighted by atomic mass is 10.1. The molecule has 1 N–H and O–H groups in total. The standard InChI is InChI=1S/C19H20N6O/c1-2-7-21-16-6-4-3-5-15(16)19(26)25-12-10-24(11-13-25)18-17(14-20)22-8-9-23-18/h2-6,8-9,21H,1,7,10-13H2. The number of nitriles is 1. The summed E-state index contributed by atoms with van der Waals surface area (Å²) in [6, 6.07) is 9.55. The normalized spacial score (nSPS) is 13.8. The van der Waals surface area contributed by atoms with Crippen LogP contribution in [0.25, 0.3) is 0 Å². The number of para-hydroxylation sites is 1. The second-order valence-corrected chi connectivity index (χ2v) is 5.83. The molecule has 2 aromatic rings. The summed E-state index contributed by atoms with van der Waals surface area (Å²) >= 11 is 0. The number of aromatic nitrogens is 2. The van der Waals surface area contributed by atoms with Gasteiger partial charge in [-0.3, -0.25) is 4.79 Å². The van der Waals surface area contributed by atoms with Crippen LogP contribution in [0, 0.1) is 11.3 Å². The quantitative estimate of drug-likeness (QED) is 0.831. The molecule has 7 heteroatoms. The summed E-state index contributed by atoms with van der Waals surface area (Å²) in [6.07, 6.45) is 4.85. The predicted octanol–water partition coefficient (Wildman–Crippen LogP) is 1.91. The minimum Gasteiger partial charge on any atom is -0.381 e. The largest absolute Gasteiger partial charge is 0.381 e. The smallest absolute Gasteiger partial charge is 0.256 e. The van der Waals surface area contributed by atoms with Crippen LogP contribution in [0.2, 0.25) is 0 Å². The summed E-state index contributed by atoms with van der Waals surface area (Å²) in [5.41, 5.74) is 1.77. The van der Waals surface area contributed by atoms with Crippen molar-refractivity contribution in [3.63, 3.8) is 0 Å². The van der Waals surface area contributed by atoms with Crippen LogP contribution in [0.4, 0.5) is 11.5 Å². The summed E-state index contributed by atoms with van der Waals surface area (Å²) in [5.74, 6) is 0.576. The molecule has 1 aromatic heterocycles. The Labute approximate surface area is 152 Å². The molecule has 1 aromatic carbocycles. The summed E-state index contributed by atoms with van der Waals surface area (Å²) in [4.78, 5) is 25.1. The van der Waals surface area contributed by atoms with Crippen molar-refractivity contribution < 1.29 is 4.79 Å². The fourth-order valence-electron chi connectivity index (χ4n) is 2.94. The number of amides is 1. The number of anilines is 2. The molecule has 0 bridgehead atoms. The van der Waals surface area contributed by atoms with Crippen LogP contribution < -0.4 is 10.2 Å². The van der Waals surface area contributed by atoms with E-state index in [-0.39, 0.29) is 5.91 Å². The van der Waals surface area contributed by atoms with Gasteiger partial charge in [0.1, 0.15) is 6.07 Å². The Bertz CT molecular complexity index is 836. The van der Waals surface area contributed by atoms with Crippen molar-refractivity contribution in [1.29, 1.82) is 5.26 Å². The van der Waals surface area contributed by atoms with Gasteiger partial charge in [-0.15, -0.1) is 6.58 Å². The van der Waals surface area contributed by atoms with E-state index in [2.05, 4.69) is 27.9 Å². The summed E-state index contributed by atoms with van der Waals surface area (Å²) in [6.45, 7) is 6.65. The van der Waals surface area contributed by atoms with Crippen molar-refractivity contribution in [3.05, 3.63) is 60.6 Å². The molecule has 2 heterocycles. The van der Waals surface area contributed by atoms with Gasteiger partial charge in [0.05, 0.1) is 5.56 Å². The first-order chi connectivity index (χ1) is 12.7.